The van der Waals surface area contributed by atoms with Crippen LogP contribution in [0.25, 0.3) is 0 Å². The van der Waals surface area contributed by atoms with Crippen molar-refractivity contribution in [2.75, 3.05) is 7.05 Å². The van der Waals surface area contributed by atoms with Gasteiger partial charge in [0.05, 0.1) is 17.3 Å². The predicted molar refractivity (Wildman–Crippen MR) is 85.6 cm³/mol. The minimum Gasteiger partial charge on any atom is -0.479 e. The summed E-state index contributed by atoms with van der Waals surface area (Å²) in [5, 5.41) is 13.1. The number of halogens is 1. The Labute approximate surface area is 139 Å². The van der Waals surface area contributed by atoms with Crippen LogP contribution in [-0.4, -0.2) is 34.3 Å². The van der Waals surface area contributed by atoms with Crippen LogP contribution in [0.15, 0.2) is 28.8 Å². The number of carboxylic acids is 1. The lowest BCUT2D eigenvalue weighted by molar-refractivity contribution is -0.144. The number of rotatable bonds is 7. The summed E-state index contributed by atoms with van der Waals surface area (Å²) in [7, 11) is 1.96. The summed E-state index contributed by atoms with van der Waals surface area (Å²) in [5.41, 5.74) is 1.84. The molecule has 0 bridgehead atoms. The molecular formula is C16H19ClN2O4. The van der Waals surface area contributed by atoms with Gasteiger partial charge in [0, 0.05) is 12.6 Å². The molecule has 124 valence electrons. The fraction of sp³-hybridized carbons (Fsp3) is 0.375. The van der Waals surface area contributed by atoms with Crippen LogP contribution in [0, 0.1) is 6.92 Å². The van der Waals surface area contributed by atoms with Gasteiger partial charge in [-0.3, -0.25) is 4.90 Å². The molecule has 0 saturated carbocycles. The summed E-state index contributed by atoms with van der Waals surface area (Å²) in [5.74, 6) is 0.123. The highest BCUT2D eigenvalue weighted by Gasteiger charge is 2.15. The second kappa shape index (κ2) is 7.48. The molecule has 0 fully saturated rings. The molecule has 7 heteroatoms. The van der Waals surface area contributed by atoms with Crippen molar-refractivity contribution in [1.82, 2.24) is 10.1 Å². The molecule has 0 unspecified atom stereocenters. The maximum atomic E-state index is 10.8. The van der Waals surface area contributed by atoms with E-state index >= 15 is 0 Å². The van der Waals surface area contributed by atoms with Gasteiger partial charge in [0.1, 0.15) is 5.75 Å². The SMILES string of the molecule is Cc1cc(CN(C)Cc2ccc(O[C@H](C)C(=O)O)c(Cl)c2)on1. The number of carbonyl (C=O) groups is 1. The summed E-state index contributed by atoms with van der Waals surface area (Å²) in [4.78, 5) is 12.9. The highest BCUT2D eigenvalue weighted by molar-refractivity contribution is 6.32. The van der Waals surface area contributed by atoms with Gasteiger partial charge in [0.15, 0.2) is 11.9 Å². The smallest absolute Gasteiger partial charge is 0.344 e. The van der Waals surface area contributed by atoms with E-state index in [1.807, 2.05) is 26.1 Å². The molecule has 0 spiro atoms. The Morgan fingerprint density at radius 2 is 2.17 bits per heavy atom. The van der Waals surface area contributed by atoms with Crippen molar-refractivity contribution in [3.05, 3.63) is 46.3 Å². The van der Waals surface area contributed by atoms with Gasteiger partial charge in [-0.25, -0.2) is 4.79 Å². The largest absolute Gasteiger partial charge is 0.479 e. The van der Waals surface area contributed by atoms with Crippen LogP contribution in [0.2, 0.25) is 5.02 Å². The predicted octanol–water partition coefficient (Wildman–Crippen LogP) is 3.12. The van der Waals surface area contributed by atoms with Crippen LogP contribution in [-0.2, 0) is 17.9 Å². The first kappa shape index (κ1) is 17.3. The van der Waals surface area contributed by atoms with E-state index in [2.05, 4.69) is 10.1 Å². The first-order valence-corrected chi connectivity index (χ1v) is 7.51. The van der Waals surface area contributed by atoms with Crippen LogP contribution in [0.3, 0.4) is 0 Å². The standard InChI is InChI=1S/C16H19ClN2O4/c1-10-6-13(23-18-10)9-19(3)8-12-4-5-15(14(17)7-12)22-11(2)16(20)21/h4-7,11H,8-9H2,1-3H3,(H,20,21)/t11-/m1/s1. The third-order valence-corrected chi connectivity index (χ3v) is 3.50. The Bertz CT molecular complexity index is 686. The monoisotopic (exact) mass is 338 g/mol. The maximum absolute atomic E-state index is 10.8. The van der Waals surface area contributed by atoms with E-state index in [9.17, 15) is 4.79 Å². The van der Waals surface area contributed by atoms with Gasteiger partial charge in [0.25, 0.3) is 0 Å². The number of aryl methyl sites for hydroxylation is 1. The molecule has 0 radical (unpaired) electrons. The van der Waals surface area contributed by atoms with Gasteiger partial charge < -0.3 is 14.4 Å². The second-order valence-electron chi connectivity index (χ2n) is 5.47. The van der Waals surface area contributed by atoms with Crippen molar-refractivity contribution in [3.63, 3.8) is 0 Å². The molecular weight excluding hydrogens is 320 g/mol. The maximum Gasteiger partial charge on any atom is 0.344 e. The molecule has 0 aliphatic carbocycles. The third-order valence-electron chi connectivity index (χ3n) is 3.20. The minimum absolute atomic E-state index is 0.360. The first-order valence-electron chi connectivity index (χ1n) is 7.14. The third kappa shape index (κ3) is 4.97. The summed E-state index contributed by atoms with van der Waals surface area (Å²) in [6.45, 7) is 4.63. The zero-order chi connectivity index (χ0) is 17.0. The summed E-state index contributed by atoms with van der Waals surface area (Å²) in [6, 6.07) is 7.21. The molecule has 2 aromatic rings. The molecule has 6 nitrogen and oxygen atoms in total. The van der Waals surface area contributed by atoms with Crippen molar-refractivity contribution in [1.29, 1.82) is 0 Å². The quantitative estimate of drug-likeness (QED) is 0.836. The van der Waals surface area contributed by atoms with E-state index in [4.69, 9.17) is 26.0 Å². The lowest BCUT2D eigenvalue weighted by Gasteiger charge is -2.16. The van der Waals surface area contributed by atoms with Gasteiger partial charge in [-0.05, 0) is 38.6 Å². The molecule has 2 rings (SSSR count). The Kier molecular flexibility index (Phi) is 5.63. The van der Waals surface area contributed by atoms with Crippen LogP contribution in [0.4, 0.5) is 0 Å². The van der Waals surface area contributed by atoms with E-state index in [-0.39, 0.29) is 0 Å². The van der Waals surface area contributed by atoms with E-state index in [0.29, 0.717) is 23.9 Å². The molecule has 0 aliphatic heterocycles. The Hall–Kier alpha value is -2.05. The summed E-state index contributed by atoms with van der Waals surface area (Å²) < 4.78 is 10.5. The average Bonchev–Trinajstić information content (AvgIpc) is 2.86. The zero-order valence-corrected chi connectivity index (χ0v) is 14.0. The van der Waals surface area contributed by atoms with E-state index in [0.717, 1.165) is 17.0 Å². The zero-order valence-electron chi connectivity index (χ0n) is 13.2. The van der Waals surface area contributed by atoms with Gasteiger partial charge in [0.2, 0.25) is 0 Å². The number of benzene rings is 1. The number of nitrogens with zero attached hydrogens (tertiary/aromatic N) is 2. The van der Waals surface area contributed by atoms with Crippen molar-refractivity contribution in [2.45, 2.75) is 33.0 Å². The molecule has 1 aromatic carbocycles. The van der Waals surface area contributed by atoms with E-state index in [1.54, 1.807) is 12.1 Å². The van der Waals surface area contributed by atoms with Gasteiger partial charge in [-0.2, -0.15) is 0 Å². The van der Waals surface area contributed by atoms with Crippen LogP contribution in [0.1, 0.15) is 23.9 Å². The summed E-state index contributed by atoms with van der Waals surface area (Å²) in [6.07, 6.45) is -0.948. The molecule has 23 heavy (non-hydrogen) atoms. The molecule has 1 N–H and O–H groups in total. The molecule has 1 heterocycles. The van der Waals surface area contributed by atoms with Crippen molar-refractivity contribution in [2.24, 2.45) is 0 Å². The number of ether oxygens (including phenoxy) is 1. The molecule has 1 atom stereocenters. The topological polar surface area (TPSA) is 75.8 Å². The normalized spacial score (nSPS) is 12.4. The van der Waals surface area contributed by atoms with Crippen LogP contribution < -0.4 is 4.74 Å². The van der Waals surface area contributed by atoms with Crippen LogP contribution in [0.5, 0.6) is 5.75 Å². The number of hydrogen-bond donors (Lipinski definition) is 1. The van der Waals surface area contributed by atoms with Crippen molar-refractivity contribution in [3.8, 4) is 5.75 Å². The summed E-state index contributed by atoms with van der Waals surface area (Å²) >= 11 is 6.16. The Morgan fingerprint density at radius 3 is 2.74 bits per heavy atom. The number of carboxylic acid groups (broad SMARTS) is 1. The van der Waals surface area contributed by atoms with Crippen molar-refractivity contribution < 1.29 is 19.2 Å². The molecule has 1 aromatic heterocycles. The highest BCUT2D eigenvalue weighted by Crippen LogP contribution is 2.27. The molecule has 0 aliphatic rings. The Morgan fingerprint density at radius 1 is 1.43 bits per heavy atom. The fourth-order valence-electron chi connectivity index (χ4n) is 2.10. The Balaban J connectivity index is 1.98. The number of aliphatic carboxylic acids is 1. The fourth-order valence-corrected chi connectivity index (χ4v) is 2.35. The minimum atomic E-state index is -1.03. The van der Waals surface area contributed by atoms with Crippen LogP contribution >= 0.6 is 11.6 Å². The molecule has 0 saturated heterocycles. The van der Waals surface area contributed by atoms with Crippen molar-refractivity contribution >= 4 is 17.6 Å². The second-order valence-corrected chi connectivity index (χ2v) is 5.88. The van der Waals surface area contributed by atoms with Gasteiger partial charge in [-0.1, -0.05) is 22.8 Å². The van der Waals surface area contributed by atoms with E-state index in [1.165, 1.54) is 6.92 Å². The number of hydrogen-bond acceptors (Lipinski definition) is 5. The first-order chi connectivity index (χ1) is 10.8. The molecule has 0 amide bonds. The lowest BCUT2D eigenvalue weighted by Crippen LogP contribution is -2.23. The highest BCUT2D eigenvalue weighted by atomic mass is 35.5. The van der Waals surface area contributed by atoms with Gasteiger partial charge in [-0.15, -0.1) is 0 Å². The average molecular weight is 339 g/mol. The van der Waals surface area contributed by atoms with E-state index < -0.39 is 12.1 Å². The number of aromatic nitrogens is 1. The van der Waals surface area contributed by atoms with Gasteiger partial charge >= 0.3 is 5.97 Å². The lowest BCUT2D eigenvalue weighted by atomic mass is 10.2.